The molecular weight excluding hydrogens is 376 g/mol. The number of ketones is 2. The average Bonchev–Trinajstić information content (AvgIpc) is 3.03. The van der Waals surface area contributed by atoms with E-state index >= 15 is 0 Å². The summed E-state index contributed by atoms with van der Waals surface area (Å²) in [7, 11) is 0. The summed E-state index contributed by atoms with van der Waals surface area (Å²) in [5.41, 5.74) is 0.784. The largest absolute Gasteiger partial charge is 0.353 e. The highest BCUT2D eigenvalue weighted by atomic mass is 16.7. The van der Waals surface area contributed by atoms with Gasteiger partial charge < -0.3 is 9.47 Å². The summed E-state index contributed by atoms with van der Waals surface area (Å²) in [5, 5.41) is 0. The van der Waals surface area contributed by atoms with Crippen molar-refractivity contribution in [2.75, 3.05) is 6.61 Å². The number of carbonyl (C=O) groups is 2. The van der Waals surface area contributed by atoms with Crippen LogP contribution >= 0.6 is 0 Å². The predicted octanol–water partition coefficient (Wildman–Crippen LogP) is 5.39. The minimum atomic E-state index is -0.690. The number of hydrogen-bond donors (Lipinski definition) is 0. The zero-order valence-corrected chi connectivity index (χ0v) is 19.0. The molecular formula is C26H38O4. The lowest BCUT2D eigenvalue weighted by atomic mass is 9.46. The lowest BCUT2D eigenvalue weighted by Gasteiger charge is -2.59. The Bertz CT molecular complexity index is 765. The van der Waals surface area contributed by atoms with Gasteiger partial charge in [-0.25, -0.2) is 0 Å². The molecule has 0 bridgehead atoms. The molecule has 0 amide bonds. The molecule has 3 saturated carbocycles. The van der Waals surface area contributed by atoms with E-state index in [1.165, 1.54) is 5.57 Å². The fourth-order valence-electron chi connectivity index (χ4n) is 8.44. The minimum absolute atomic E-state index is 0.108. The number of ether oxygens (including phenoxy) is 2. The molecule has 1 aliphatic heterocycles. The van der Waals surface area contributed by atoms with Crippen molar-refractivity contribution in [1.29, 1.82) is 0 Å². The maximum Gasteiger partial charge on any atom is 0.162 e. The molecule has 7 atom stereocenters. The van der Waals surface area contributed by atoms with E-state index in [-0.39, 0.29) is 22.9 Å². The van der Waals surface area contributed by atoms with Crippen LogP contribution in [-0.2, 0) is 19.1 Å². The first kappa shape index (κ1) is 20.9. The summed E-state index contributed by atoms with van der Waals surface area (Å²) in [6.45, 7) is 7.27. The third kappa shape index (κ3) is 2.85. The third-order valence-corrected chi connectivity index (χ3v) is 10.1. The maximum atomic E-state index is 13.2. The SMILES string of the molecule is CC(=O)[C@]1(O[C@@H]2CCCCO2)CC[C@H]2[C@@H]3CCC4=CC(=O)CC[C@]4(C)[C@H]3CC[C@@]21C. The van der Waals surface area contributed by atoms with Gasteiger partial charge in [-0.05, 0) is 100 Å². The van der Waals surface area contributed by atoms with E-state index in [1.807, 2.05) is 6.08 Å². The Balaban J connectivity index is 1.45. The highest BCUT2D eigenvalue weighted by Crippen LogP contribution is 2.68. The molecule has 5 aliphatic rings. The maximum absolute atomic E-state index is 13.2. The summed E-state index contributed by atoms with van der Waals surface area (Å²) in [6, 6.07) is 0. The van der Waals surface area contributed by atoms with Crippen LogP contribution in [0.3, 0.4) is 0 Å². The van der Waals surface area contributed by atoms with Crippen molar-refractivity contribution < 1.29 is 19.1 Å². The second kappa shape index (κ2) is 7.27. The van der Waals surface area contributed by atoms with Crippen molar-refractivity contribution in [3.63, 3.8) is 0 Å². The standard InChI is InChI=1S/C26H38O4/c1-17(27)26(30-23-6-4-5-15-29-23)14-11-22-20-8-7-18-16-19(28)9-12-24(18,2)21(20)10-13-25(22,26)3/h16,20-23H,4-15H2,1-3H3/t20-,21+,22+,23-,24+,25+,26-/m1/s1. The summed E-state index contributed by atoms with van der Waals surface area (Å²) in [6.07, 6.45) is 12.9. The normalized spacial score (nSPS) is 48.4. The van der Waals surface area contributed by atoms with E-state index in [9.17, 15) is 9.59 Å². The number of carbonyl (C=O) groups excluding carboxylic acids is 2. The van der Waals surface area contributed by atoms with Gasteiger partial charge in [0.1, 0.15) is 5.60 Å². The Kier molecular flexibility index (Phi) is 5.06. The van der Waals surface area contributed by atoms with Gasteiger partial charge in [-0.3, -0.25) is 9.59 Å². The highest BCUT2D eigenvalue weighted by molar-refractivity contribution is 5.91. The quantitative estimate of drug-likeness (QED) is 0.621. The number of allylic oxidation sites excluding steroid dienone is 1. The molecule has 0 radical (unpaired) electrons. The molecule has 4 aliphatic carbocycles. The molecule has 5 rings (SSSR count). The molecule has 1 heterocycles. The first-order valence-corrected chi connectivity index (χ1v) is 12.3. The van der Waals surface area contributed by atoms with Gasteiger partial charge in [0.2, 0.25) is 0 Å². The molecule has 4 nitrogen and oxygen atoms in total. The molecule has 0 aromatic rings. The summed E-state index contributed by atoms with van der Waals surface area (Å²) in [4.78, 5) is 25.2. The van der Waals surface area contributed by atoms with Gasteiger partial charge in [0, 0.05) is 18.4 Å². The van der Waals surface area contributed by atoms with Crippen molar-refractivity contribution in [3.05, 3.63) is 11.6 Å². The van der Waals surface area contributed by atoms with E-state index in [4.69, 9.17) is 9.47 Å². The molecule has 0 unspecified atom stereocenters. The van der Waals surface area contributed by atoms with E-state index < -0.39 is 5.60 Å². The molecule has 166 valence electrons. The Labute approximate surface area is 181 Å². The van der Waals surface area contributed by atoms with Crippen molar-refractivity contribution in [3.8, 4) is 0 Å². The van der Waals surface area contributed by atoms with Gasteiger partial charge in [0.25, 0.3) is 0 Å². The van der Waals surface area contributed by atoms with Gasteiger partial charge in [0.05, 0.1) is 0 Å². The van der Waals surface area contributed by atoms with E-state index in [1.54, 1.807) is 6.92 Å². The molecule has 4 fully saturated rings. The van der Waals surface area contributed by atoms with Crippen LogP contribution in [-0.4, -0.2) is 30.1 Å². The molecule has 0 spiro atoms. The molecule has 30 heavy (non-hydrogen) atoms. The molecule has 0 N–H and O–H groups in total. The van der Waals surface area contributed by atoms with Crippen LogP contribution in [0.2, 0.25) is 0 Å². The van der Waals surface area contributed by atoms with Crippen LogP contribution in [0.5, 0.6) is 0 Å². The number of rotatable bonds is 3. The minimum Gasteiger partial charge on any atom is -0.353 e. The zero-order chi connectivity index (χ0) is 21.1. The van der Waals surface area contributed by atoms with E-state index in [0.717, 1.165) is 70.8 Å². The first-order chi connectivity index (χ1) is 14.3. The summed E-state index contributed by atoms with van der Waals surface area (Å²) < 4.78 is 12.6. The lowest BCUT2D eigenvalue weighted by Crippen LogP contribution is -2.59. The summed E-state index contributed by atoms with van der Waals surface area (Å²) in [5.74, 6) is 2.32. The van der Waals surface area contributed by atoms with Crippen molar-refractivity contribution >= 4 is 11.6 Å². The Morgan fingerprint density at radius 3 is 2.57 bits per heavy atom. The van der Waals surface area contributed by atoms with Crippen LogP contribution in [0.4, 0.5) is 0 Å². The number of hydrogen-bond acceptors (Lipinski definition) is 4. The summed E-state index contributed by atoms with van der Waals surface area (Å²) >= 11 is 0. The number of fused-ring (bicyclic) bond motifs is 5. The van der Waals surface area contributed by atoms with Crippen molar-refractivity contribution in [2.45, 2.75) is 103 Å². The lowest BCUT2D eigenvalue weighted by molar-refractivity contribution is -0.253. The van der Waals surface area contributed by atoms with Gasteiger partial charge in [0.15, 0.2) is 17.9 Å². The van der Waals surface area contributed by atoms with Crippen molar-refractivity contribution in [1.82, 2.24) is 0 Å². The number of Topliss-reactive ketones (excluding diaryl/α,β-unsaturated/α-hetero) is 1. The van der Waals surface area contributed by atoms with Gasteiger partial charge in [-0.1, -0.05) is 19.4 Å². The van der Waals surface area contributed by atoms with Crippen LogP contribution in [0.1, 0.15) is 91.4 Å². The highest BCUT2D eigenvalue weighted by Gasteiger charge is 2.67. The van der Waals surface area contributed by atoms with E-state index in [0.29, 0.717) is 30.0 Å². The monoisotopic (exact) mass is 414 g/mol. The third-order valence-electron chi connectivity index (χ3n) is 10.1. The molecule has 1 saturated heterocycles. The average molecular weight is 415 g/mol. The second-order valence-electron chi connectivity index (χ2n) is 11.3. The fraction of sp³-hybridized carbons (Fsp3) is 0.846. The van der Waals surface area contributed by atoms with Gasteiger partial charge >= 0.3 is 0 Å². The molecule has 0 aromatic heterocycles. The van der Waals surface area contributed by atoms with Gasteiger partial charge in [-0.15, -0.1) is 0 Å². The smallest absolute Gasteiger partial charge is 0.162 e. The topological polar surface area (TPSA) is 52.6 Å². The Hall–Kier alpha value is -1.00. The van der Waals surface area contributed by atoms with Crippen LogP contribution in [0.25, 0.3) is 0 Å². The predicted molar refractivity (Wildman–Crippen MR) is 115 cm³/mol. The Morgan fingerprint density at radius 2 is 1.83 bits per heavy atom. The second-order valence-corrected chi connectivity index (χ2v) is 11.3. The molecule has 4 heteroatoms. The van der Waals surface area contributed by atoms with Crippen molar-refractivity contribution in [2.24, 2.45) is 28.6 Å². The van der Waals surface area contributed by atoms with Gasteiger partial charge in [-0.2, -0.15) is 0 Å². The van der Waals surface area contributed by atoms with Crippen LogP contribution in [0, 0.1) is 28.6 Å². The Morgan fingerprint density at radius 1 is 1.03 bits per heavy atom. The zero-order valence-electron chi connectivity index (χ0n) is 19.0. The molecule has 0 aromatic carbocycles. The van der Waals surface area contributed by atoms with E-state index in [2.05, 4.69) is 13.8 Å². The fourth-order valence-corrected chi connectivity index (χ4v) is 8.44. The first-order valence-electron chi connectivity index (χ1n) is 12.3. The van der Waals surface area contributed by atoms with Crippen LogP contribution in [0.15, 0.2) is 11.6 Å². The van der Waals surface area contributed by atoms with Crippen LogP contribution < -0.4 is 0 Å².